The van der Waals surface area contributed by atoms with Gasteiger partial charge in [-0.3, -0.25) is 28.8 Å². The summed E-state index contributed by atoms with van der Waals surface area (Å²) in [5, 5.41) is 28.1. The highest BCUT2D eigenvalue weighted by Crippen LogP contribution is 2.26. The van der Waals surface area contributed by atoms with E-state index < -0.39 is 53.9 Å². The van der Waals surface area contributed by atoms with Gasteiger partial charge in [0, 0.05) is 63.6 Å². The van der Waals surface area contributed by atoms with E-state index in [1.54, 1.807) is 125 Å². The van der Waals surface area contributed by atoms with Crippen molar-refractivity contribution < 1.29 is 70.9 Å². The number of halogens is 3. The van der Waals surface area contributed by atoms with Crippen LogP contribution in [0.3, 0.4) is 0 Å². The number of nitrogens with one attached hydrogen (secondary N) is 4. The normalized spacial score (nSPS) is 10.9. The van der Waals surface area contributed by atoms with Crippen LogP contribution in [0, 0.1) is 0 Å². The second-order valence-corrected chi connectivity index (χ2v) is 32.2. The van der Waals surface area contributed by atoms with Gasteiger partial charge < -0.3 is 47.3 Å². The number of carbonyl (C=O) groups excluding carboxylic acids is 8. The molecule has 120 heavy (non-hydrogen) atoms. The number of ketones is 3. The predicted molar refractivity (Wildman–Crippen MR) is 512 cm³/mol. The van der Waals surface area contributed by atoms with Crippen LogP contribution in [0.5, 0.6) is 0 Å². The van der Waals surface area contributed by atoms with Crippen LogP contribution in [0.1, 0.15) is 168 Å². The zero-order valence-corrected chi connectivity index (χ0v) is 72.5. The molecular formula is C87H124F3N9O12S9. The van der Waals surface area contributed by atoms with E-state index in [4.69, 9.17) is 30.8 Å². The molecule has 0 aliphatic rings. The number of amides is 4. The molecule has 0 aliphatic heterocycles. The molecular weight excluding hydrogens is 1710 g/mol. The first kappa shape index (κ1) is 120. The smallest absolute Gasteiger partial charge is 0.446 e. The number of aldehydes is 1. The van der Waals surface area contributed by atoms with Gasteiger partial charge in [-0.05, 0) is 150 Å². The molecule has 3 atom stereocenters. The van der Waals surface area contributed by atoms with Gasteiger partial charge in [-0.15, -0.1) is 34.0 Å². The van der Waals surface area contributed by atoms with Crippen molar-refractivity contribution >= 4 is 163 Å². The lowest BCUT2D eigenvalue weighted by molar-refractivity contribution is -0.156. The Kier molecular flexibility index (Phi) is 62.8. The van der Waals surface area contributed by atoms with E-state index >= 15 is 0 Å². The molecule has 3 heterocycles. The summed E-state index contributed by atoms with van der Waals surface area (Å²) in [5.41, 5.74) is 19.6. The molecule has 0 unspecified atom stereocenters. The van der Waals surface area contributed by atoms with Crippen LogP contribution in [0.4, 0.5) is 22.8 Å². The zero-order valence-electron chi connectivity index (χ0n) is 64.6. The molecule has 9 aromatic rings. The van der Waals surface area contributed by atoms with E-state index in [0.29, 0.717) is 42.5 Å². The number of nitrogens with zero attached hydrogens (tertiary/aromatic N) is 3. The van der Waals surface area contributed by atoms with E-state index in [2.05, 4.69) is 36.2 Å². The monoisotopic (exact) mass is 1830 g/mol. The van der Waals surface area contributed by atoms with Crippen molar-refractivity contribution in [3.05, 3.63) is 228 Å². The third kappa shape index (κ3) is 47.2. The molecule has 9 rings (SSSR count). The number of carbonyl (C=O) groups is 9. The second kappa shape index (κ2) is 62.7. The fourth-order valence-corrected chi connectivity index (χ4v) is 13.5. The molecule has 0 aliphatic carbocycles. The first-order valence-corrected chi connectivity index (χ1v) is 41.7. The molecule has 0 saturated carbocycles. The third-order valence-electron chi connectivity index (χ3n) is 15.1. The average Bonchev–Trinajstić information content (AvgIpc) is 1.61. The van der Waals surface area contributed by atoms with Gasteiger partial charge in [-0.1, -0.05) is 172 Å². The highest BCUT2D eigenvalue weighted by atomic mass is 32.2. The molecule has 0 bridgehead atoms. The topological polar surface area (TPSA) is 331 Å². The fourth-order valence-electron chi connectivity index (χ4n) is 9.67. The number of nitrogens with two attached hydrogens (primary N) is 2. The Morgan fingerprint density at radius 3 is 1.07 bits per heavy atom. The van der Waals surface area contributed by atoms with E-state index in [1.807, 2.05) is 138 Å². The quantitative estimate of drug-likeness (QED) is 0.0198. The maximum atomic E-state index is 13.2. The number of benzene rings is 6. The number of aromatic carboxylic acids is 1. The largest absolute Gasteiger partial charge is 0.478 e. The van der Waals surface area contributed by atoms with Gasteiger partial charge in [0.15, 0.2) is 17.3 Å². The van der Waals surface area contributed by atoms with Crippen LogP contribution in [-0.2, 0) is 67.5 Å². The van der Waals surface area contributed by atoms with Crippen LogP contribution in [0.15, 0.2) is 180 Å². The van der Waals surface area contributed by atoms with Crippen LogP contribution < -0.4 is 32.7 Å². The van der Waals surface area contributed by atoms with Gasteiger partial charge >= 0.3 is 24.3 Å². The molecule has 4 amide bonds. The third-order valence-corrected chi connectivity index (χ3v) is 19.6. The van der Waals surface area contributed by atoms with Crippen molar-refractivity contribution in [2.24, 2.45) is 11.5 Å². The molecule has 3 aromatic heterocycles. The molecule has 664 valence electrons. The number of carboxylic acid groups (broad SMARTS) is 1. The number of Topliss-reactive ketones (excluding diaryl/α,β-unsaturated/α-hetero) is 3. The summed E-state index contributed by atoms with van der Waals surface area (Å²) < 4.78 is 41.6. The number of hydrogen-bond donors (Lipinski definition) is 7. The van der Waals surface area contributed by atoms with E-state index in [0.717, 1.165) is 83.6 Å². The SMILES string of the molecule is C.C.C.C.C.C.CC(C)(C)OC(=O)NCc1cccc(C(=O)O)c1.CSCC[C@H](N)C(=O)Cc1nc(-c2ccccc2)cs1.CSCC[C@H](NC(=O)c1cccc(CN)c1)C(=O)Cc1nc(-c2ccccc2)cs1.CSCC[C@H](NC(=O)c1cccc(CNC(=O)OC(C)(C)C)c1)C(=O)Cc1nc(-c2ccccc2)cs1.O=CC(F)(F)F.S.S.S. The van der Waals surface area contributed by atoms with Gasteiger partial charge in [-0.25, -0.2) is 29.3 Å². The molecule has 9 N–H and O–H groups in total. The van der Waals surface area contributed by atoms with Crippen molar-refractivity contribution in [1.29, 1.82) is 0 Å². The Morgan fingerprint density at radius 2 is 0.767 bits per heavy atom. The molecule has 0 saturated heterocycles. The first-order valence-electron chi connectivity index (χ1n) is 34.9. The first-order chi connectivity index (χ1) is 52.8. The zero-order chi connectivity index (χ0) is 81.5. The minimum atomic E-state index is -4.64. The van der Waals surface area contributed by atoms with Gasteiger partial charge in [0.1, 0.15) is 26.2 Å². The summed E-state index contributed by atoms with van der Waals surface area (Å²) in [6, 6.07) is 48.7. The summed E-state index contributed by atoms with van der Waals surface area (Å²) >= 11 is 9.42. The number of rotatable bonds is 31. The van der Waals surface area contributed by atoms with Crippen LogP contribution in [-0.4, -0.2) is 145 Å². The second-order valence-electron chi connectivity index (χ2n) is 26.4. The highest BCUT2D eigenvalue weighted by Gasteiger charge is 2.27. The summed E-state index contributed by atoms with van der Waals surface area (Å²) in [4.78, 5) is 120. The minimum absolute atomic E-state index is 0. The summed E-state index contributed by atoms with van der Waals surface area (Å²) in [5.74, 6) is 0.843. The number of thioether (sulfide) groups is 3. The number of ether oxygens (including phenoxy) is 2. The molecule has 21 nitrogen and oxygen atoms in total. The lowest BCUT2D eigenvalue weighted by atomic mass is 10.1. The number of alkyl halides is 3. The lowest BCUT2D eigenvalue weighted by Gasteiger charge is -2.20. The Morgan fingerprint density at radius 1 is 0.467 bits per heavy atom. The number of hydrogen-bond acceptors (Lipinski definition) is 22. The van der Waals surface area contributed by atoms with Crippen molar-refractivity contribution in [3.63, 3.8) is 0 Å². The van der Waals surface area contributed by atoms with Crippen LogP contribution >= 0.6 is 110 Å². The van der Waals surface area contributed by atoms with Crippen molar-refractivity contribution in [2.75, 3.05) is 36.0 Å². The number of thiazole rings is 3. The Balaban J connectivity index is -0.000000481. The van der Waals surface area contributed by atoms with Crippen LogP contribution in [0.25, 0.3) is 33.8 Å². The van der Waals surface area contributed by atoms with Crippen LogP contribution in [0.2, 0.25) is 0 Å². The average molecular weight is 1830 g/mol. The fraction of sp³-hybridized carbons (Fsp3) is 0.379. The summed E-state index contributed by atoms with van der Waals surface area (Å²) in [6.07, 6.45) is 1.78. The Bertz CT molecular complexity index is 4440. The maximum absolute atomic E-state index is 13.2. The number of carboxylic acids is 1. The van der Waals surface area contributed by atoms with Gasteiger partial charge in [0.2, 0.25) is 6.29 Å². The minimum Gasteiger partial charge on any atom is -0.478 e. The van der Waals surface area contributed by atoms with Gasteiger partial charge in [0.25, 0.3) is 11.8 Å². The lowest BCUT2D eigenvalue weighted by Crippen LogP contribution is -2.42. The van der Waals surface area contributed by atoms with Crippen molar-refractivity contribution in [1.82, 2.24) is 36.2 Å². The summed E-state index contributed by atoms with van der Waals surface area (Å²) in [7, 11) is 0. The van der Waals surface area contributed by atoms with Crippen molar-refractivity contribution in [2.45, 2.75) is 180 Å². The molecule has 0 spiro atoms. The van der Waals surface area contributed by atoms with Crippen molar-refractivity contribution in [3.8, 4) is 33.8 Å². The van der Waals surface area contributed by atoms with E-state index in [9.17, 15) is 51.5 Å². The molecule has 33 heteroatoms. The molecule has 6 aromatic carbocycles. The summed E-state index contributed by atoms with van der Waals surface area (Å²) in [6.45, 7) is 11.5. The Labute approximate surface area is 754 Å². The van der Waals surface area contributed by atoms with Gasteiger partial charge in [-0.2, -0.15) is 88.9 Å². The standard InChI is InChI=1S/C28H33N3O4S2.C23H25N3O2S2.C15H18N2OS2.C13H17NO4.C2HF3O.6CH4.3H2S/c1-28(2,3)35-27(34)29-17-19-9-8-12-21(15-19)26(33)31-22(13-14-36-4)24(32)16-25-30-23(18-37-25)20-10-6-5-7-11-20;1-29-11-10-19(26-23(28)18-9-5-6-16(12-18)14-24)21(27)13-22-25-20(15-30-22)17-7-3-2-4-8-17;1-19-8-7-12(16)14(18)9-15-17-13(10-20-15)11-5-3-2-4-6-11;1-13(2,3)18-12(17)14-8-9-5-4-6-10(7-9)11(15)16;3-2(4,5)1-6;;;;;;;;;/h5-12,15,18,22H,13-14,16-17H2,1-4H3,(H,29,34)(H,31,33);2-9,12,15,19H,10-11,13-14,24H2,1H3,(H,26,28);2-6,10,12H,7-9,16H2,1H3;4-7H,8H2,1-3H3,(H,14,17)(H,15,16);1H;6*1H4;3*1H2/t22-;19-;12-;;;;;;;;;;;/m000.........../s1. The predicted octanol–water partition coefficient (Wildman–Crippen LogP) is 19.7. The Hall–Kier alpha value is -8.35. The molecule has 0 radical (unpaired) electrons. The maximum Gasteiger partial charge on any atom is 0.446 e. The number of aromatic nitrogens is 3. The molecule has 0 fully saturated rings. The van der Waals surface area contributed by atoms with E-state index in [1.165, 1.54) is 46.1 Å². The number of alkyl carbamates (subject to hydrolysis) is 2. The van der Waals surface area contributed by atoms with E-state index in [-0.39, 0.29) is 152 Å². The van der Waals surface area contributed by atoms with Gasteiger partial charge in [0.05, 0.1) is 60.0 Å². The highest BCUT2D eigenvalue weighted by molar-refractivity contribution is 7.99.